The van der Waals surface area contributed by atoms with Crippen LogP contribution in [-0.2, 0) is 0 Å². The highest BCUT2D eigenvalue weighted by Gasteiger charge is 2.32. The van der Waals surface area contributed by atoms with Gasteiger partial charge in [0.2, 0.25) is 0 Å². The van der Waals surface area contributed by atoms with Gasteiger partial charge in [-0.15, -0.1) is 0 Å². The molecule has 2 rings (SSSR count). The van der Waals surface area contributed by atoms with Crippen molar-refractivity contribution in [2.24, 2.45) is 0 Å². The largest absolute Gasteiger partial charge is 0.290 e. The molecule has 1 aromatic rings. The van der Waals surface area contributed by atoms with Crippen LogP contribution in [0.2, 0.25) is 0 Å². The molecule has 2 heterocycles. The summed E-state index contributed by atoms with van der Waals surface area (Å²) in [5.41, 5.74) is 1.51. The van der Waals surface area contributed by atoms with Gasteiger partial charge >= 0.3 is 0 Å². The maximum absolute atomic E-state index is 4.06. The summed E-state index contributed by atoms with van der Waals surface area (Å²) in [5, 5.41) is 7.18. The van der Waals surface area contributed by atoms with E-state index < -0.39 is 0 Å². The fourth-order valence-corrected chi connectivity index (χ4v) is 2.51. The number of nitrogens with zero attached hydrogens (tertiary/aromatic N) is 2. The van der Waals surface area contributed by atoms with Gasteiger partial charge in [0.15, 0.2) is 0 Å². The Balaban J connectivity index is 2.20. The highest BCUT2D eigenvalue weighted by Crippen LogP contribution is 2.34. The molecule has 0 aliphatic carbocycles. The Bertz CT molecular complexity index is 297. The SMILES string of the molecule is CC(C)(C)N1CCCC[C@@H]1c1ccn[nH]1. The van der Waals surface area contributed by atoms with Crippen molar-refractivity contribution in [3.63, 3.8) is 0 Å². The molecule has 0 saturated carbocycles. The zero-order chi connectivity index (χ0) is 10.9. The second kappa shape index (κ2) is 3.97. The third-order valence-electron chi connectivity index (χ3n) is 3.25. The van der Waals surface area contributed by atoms with E-state index in [0.29, 0.717) is 6.04 Å². The Labute approximate surface area is 91.9 Å². The smallest absolute Gasteiger partial charge is 0.0523 e. The van der Waals surface area contributed by atoms with Crippen LogP contribution in [0.25, 0.3) is 0 Å². The molecule has 84 valence electrons. The summed E-state index contributed by atoms with van der Waals surface area (Å²) in [6.45, 7) is 8.08. The van der Waals surface area contributed by atoms with Crippen molar-refractivity contribution in [2.45, 2.75) is 51.6 Å². The second-order valence-electron chi connectivity index (χ2n) is 5.39. The molecular formula is C12H21N3. The minimum atomic E-state index is 0.246. The Hall–Kier alpha value is -0.830. The first-order valence-electron chi connectivity index (χ1n) is 5.85. The predicted octanol–water partition coefficient (Wildman–Crippen LogP) is 2.74. The third kappa shape index (κ3) is 2.23. The van der Waals surface area contributed by atoms with E-state index in [1.54, 1.807) is 0 Å². The Morgan fingerprint density at radius 2 is 2.20 bits per heavy atom. The van der Waals surface area contributed by atoms with E-state index >= 15 is 0 Å². The van der Waals surface area contributed by atoms with Gasteiger partial charge in [-0.3, -0.25) is 10.00 Å². The fraction of sp³-hybridized carbons (Fsp3) is 0.750. The number of hydrogen-bond donors (Lipinski definition) is 1. The van der Waals surface area contributed by atoms with E-state index in [4.69, 9.17) is 0 Å². The molecule has 0 radical (unpaired) electrons. The van der Waals surface area contributed by atoms with Crippen LogP contribution < -0.4 is 0 Å². The van der Waals surface area contributed by atoms with Crippen LogP contribution in [0.3, 0.4) is 0 Å². The van der Waals surface area contributed by atoms with Crippen LogP contribution in [0, 0.1) is 0 Å². The molecule has 1 saturated heterocycles. The second-order valence-corrected chi connectivity index (χ2v) is 5.39. The first-order valence-corrected chi connectivity index (χ1v) is 5.85. The fourth-order valence-electron chi connectivity index (χ4n) is 2.51. The Morgan fingerprint density at radius 1 is 1.40 bits per heavy atom. The maximum Gasteiger partial charge on any atom is 0.0523 e. The highest BCUT2D eigenvalue weighted by molar-refractivity contribution is 5.07. The van der Waals surface area contributed by atoms with Gasteiger partial charge < -0.3 is 0 Å². The van der Waals surface area contributed by atoms with Gasteiger partial charge in [0.25, 0.3) is 0 Å². The predicted molar refractivity (Wildman–Crippen MR) is 61.6 cm³/mol. The average Bonchev–Trinajstić information content (AvgIpc) is 2.69. The summed E-state index contributed by atoms with van der Waals surface area (Å²) in [4.78, 5) is 2.59. The highest BCUT2D eigenvalue weighted by atomic mass is 15.2. The third-order valence-corrected chi connectivity index (χ3v) is 3.25. The van der Waals surface area contributed by atoms with Crippen LogP contribution in [0.1, 0.15) is 51.8 Å². The van der Waals surface area contributed by atoms with Gasteiger partial charge in [-0.25, -0.2) is 0 Å². The molecule has 3 heteroatoms. The maximum atomic E-state index is 4.06. The zero-order valence-electron chi connectivity index (χ0n) is 9.95. The van der Waals surface area contributed by atoms with Crippen LogP contribution in [0.15, 0.2) is 12.3 Å². The summed E-state index contributed by atoms with van der Waals surface area (Å²) in [5.74, 6) is 0. The molecule has 0 amide bonds. The lowest BCUT2D eigenvalue weighted by molar-refractivity contribution is 0.0488. The molecule has 1 aromatic heterocycles. The number of piperidine rings is 1. The Morgan fingerprint density at radius 3 is 2.80 bits per heavy atom. The summed E-state index contributed by atoms with van der Waals surface area (Å²) in [6, 6.07) is 2.63. The van der Waals surface area contributed by atoms with E-state index in [9.17, 15) is 0 Å². The molecular weight excluding hydrogens is 186 g/mol. The quantitative estimate of drug-likeness (QED) is 0.768. The summed E-state index contributed by atoms with van der Waals surface area (Å²) in [6.07, 6.45) is 5.75. The minimum Gasteiger partial charge on any atom is -0.290 e. The van der Waals surface area contributed by atoms with Gasteiger partial charge in [-0.1, -0.05) is 6.42 Å². The van der Waals surface area contributed by atoms with Gasteiger partial charge in [0.05, 0.1) is 11.7 Å². The van der Waals surface area contributed by atoms with E-state index in [2.05, 4.69) is 41.9 Å². The van der Waals surface area contributed by atoms with E-state index in [1.165, 1.54) is 31.5 Å². The average molecular weight is 207 g/mol. The van der Waals surface area contributed by atoms with Crippen molar-refractivity contribution in [1.29, 1.82) is 0 Å². The summed E-state index contributed by atoms with van der Waals surface area (Å²) < 4.78 is 0. The minimum absolute atomic E-state index is 0.246. The number of likely N-dealkylation sites (tertiary alicyclic amines) is 1. The van der Waals surface area contributed by atoms with Crippen molar-refractivity contribution < 1.29 is 0 Å². The number of aromatic nitrogens is 2. The van der Waals surface area contributed by atoms with Crippen molar-refractivity contribution in [3.8, 4) is 0 Å². The van der Waals surface area contributed by atoms with Crippen molar-refractivity contribution in [2.75, 3.05) is 6.54 Å². The van der Waals surface area contributed by atoms with E-state index in [-0.39, 0.29) is 5.54 Å². The van der Waals surface area contributed by atoms with Gasteiger partial charge in [-0.2, -0.15) is 5.10 Å². The van der Waals surface area contributed by atoms with Crippen molar-refractivity contribution in [3.05, 3.63) is 18.0 Å². The molecule has 15 heavy (non-hydrogen) atoms. The molecule has 1 aliphatic rings. The van der Waals surface area contributed by atoms with E-state index in [1.807, 2.05) is 6.20 Å². The first kappa shape index (κ1) is 10.7. The lowest BCUT2D eigenvalue weighted by Crippen LogP contribution is -2.46. The monoisotopic (exact) mass is 207 g/mol. The van der Waals surface area contributed by atoms with Gasteiger partial charge in [0, 0.05) is 11.7 Å². The molecule has 1 N–H and O–H groups in total. The number of rotatable bonds is 1. The lowest BCUT2D eigenvalue weighted by atomic mass is 9.93. The molecule has 1 aliphatic heterocycles. The standard InChI is InChI=1S/C12H21N3/c1-12(2,3)15-9-5-4-6-11(15)10-7-8-13-14-10/h7-8,11H,4-6,9H2,1-3H3,(H,13,14)/t11-/m1/s1. The molecule has 0 unspecified atom stereocenters. The van der Waals surface area contributed by atoms with Crippen LogP contribution in [0.4, 0.5) is 0 Å². The molecule has 0 bridgehead atoms. The lowest BCUT2D eigenvalue weighted by Gasteiger charge is -2.44. The van der Waals surface area contributed by atoms with Crippen molar-refractivity contribution >= 4 is 0 Å². The molecule has 0 aromatic carbocycles. The van der Waals surface area contributed by atoms with E-state index in [0.717, 1.165) is 0 Å². The first-order chi connectivity index (χ1) is 7.09. The summed E-state index contributed by atoms with van der Waals surface area (Å²) >= 11 is 0. The zero-order valence-corrected chi connectivity index (χ0v) is 9.95. The number of aromatic amines is 1. The van der Waals surface area contributed by atoms with Gasteiger partial charge in [-0.05, 0) is 46.2 Å². The number of hydrogen-bond acceptors (Lipinski definition) is 2. The van der Waals surface area contributed by atoms with Crippen LogP contribution >= 0.6 is 0 Å². The summed E-state index contributed by atoms with van der Waals surface area (Å²) in [7, 11) is 0. The molecule has 1 fully saturated rings. The molecule has 0 spiro atoms. The molecule has 3 nitrogen and oxygen atoms in total. The number of nitrogens with one attached hydrogen (secondary N) is 1. The number of H-pyrrole nitrogens is 1. The van der Waals surface area contributed by atoms with Crippen LogP contribution in [0.5, 0.6) is 0 Å². The molecule has 1 atom stereocenters. The topological polar surface area (TPSA) is 31.9 Å². The van der Waals surface area contributed by atoms with Gasteiger partial charge in [0.1, 0.15) is 0 Å². The van der Waals surface area contributed by atoms with Crippen LogP contribution in [-0.4, -0.2) is 27.2 Å². The van der Waals surface area contributed by atoms with Crippen molar-refractivity contribution in [1.82, 2.24) is 15.1 Å². The normalized spacial score (nSPS) is 24.3. The Kier molecular flexibility index (Phi) is 2.83.